The Morgan fingerprint density at radius 2 is 2.32 bits per heavy atom. The van der Waals surface area contributed by atoms with Gasteiger partial charge in [-0.05, 0) is 31.0 Å². The lowest BCUT2D eigenvalue weighted by Crippen LogP contribution is -2.33. The van der Waals surface area contributed by atoms with Gasteiger partial charge in [0.1, 0.15) is 6.61 Å². The van der Waals surface area contributed by atoms with Crippen LogP contribution >= 0.6 is 11.3 Å². The van der Waals surface area contributed by atoms with Crippen molar-refractivity contribution >= 4 is 17.2 Å². The fourth-order valence-electron chi connectivity index (χ4n) is 2.37. The lowest BCUT2D eigenvalue weighted by atomic mass is 10.2. The number of nitrogens with zero attached hydrogens (tertiary/aromatic N) is 1. The molecule has 3 rings (SSSR count). The van der Waals surface area contributed by atoms with E-state index in [-0.39, 0.29) is 12.2 Å². The second-order valence-corrected chi connectivity index (χ2v) is 6.20. The van der Waals surface area contributed by atoms with Gasteiger partial charge in [0.05, 0.1) is 18.3 Å². The van der Waals surface area contributed by atoms with Crippen molar-refractivity contribution in [3.05, 3.63) is 40.3 Å². The fraction of sp³-hybridized carbons (Fsp3) is 0.412. The number of aromatic nitrogens is 1. The summed E-state index contributed by atoms with van der Waals surface area (Å²) in [6.07, 6.45) is 2.43. The lowest BCUT2D eigenvalue weighted by Gasteiger charge is -2.22. The van der Waals surface area contributed by atoms with Crippen LogP contribution in [-0.2, 0) is 16.2 Å². The largest absolute Gasteiger partial charge is 0.493 e. The average molecular weight is 364 g/mol. The number of hydrogen-bond acceptors (Lipinski definition) is 7. The predicted molar refractivity (Wildman–Crippen MR) is 91.6 cm³/mol. The molecule has 1 aliphatic heterocycles. The van der Waals surface area contributed by atoms with E-state index in [4.69, 9.17) is 19.0 Å². The normalized spacial score (nSPS) is 17.1. The minimum atomic E-state index is -0.389. The molecule has 0 bridgehead atoms. The van der Waals surface area contributed by atoms with Gasteiger partial charge in [-0.2, -0.15) is 0 Å². The summed E-state index contributed by atoms with van der Waals surface area (Å²) in [6.45, 7) is 0.993. The third-order valence-electron chi connectivity index (χ3n) is 3.71. The van der Waals surface area contributed by atoms with Gasteiger partial charge < -0.3 is 14.2 Å². The van der Waals surface area contributed by atoms with Gasteiger partial charge in [0.15, 0.2) is 17.8 Å². The summed E-state index contributed by atoms with van der Waals surface area (Å²) < 4.78 is 16.4. The molecule has 1 fully saturated rings. The number of rotatable bonds is 7. The zero-order valence-corrected chi connectivity index (χ0v) is 14.7. The van der Waals surface area contributed by atoms with Crippen LogP contribution in [0.4, 0.5) is 0 Å². The minimum Gasteiger partial charge on any atom is -0.493 e. The summed E-state index contributed by atoms with van der Waals surface area (Å²) >= 11 is 1.51. The maximum Gasteiger partial charge on any atom is 0.275 e. The van der Waals surface area contributed by atoms with Gasteiger partial charge in [-0.1, -0.05) is 0 Å². The van der Waals surface area contributed by atoms with Crippen LogP contribution < -0.4 is 15.0 Å². The van der Waals surface area contributed by atoms with Crippen molar-refractivity contribution in [3.8, 4) is 11.5 Å². The Morgan fingerprint density at radius 3 is 3.04 bits per heavy atom. The van der Waals surface area contributed by atoms with E-state index in [9.17, 15) is 4.79 Å². The van der Waals surface area contributed by atoms with Crippen molar-refractivity contribution in [2.75, 3.05) is 13.7 Å². The number of carbonyl (C=O) groups excluding carboxylic acids is 1. The maximum atomic E-state index is 12.2. The first-order valence-corrected chi connectivity index (χ1v) is 8.96. The molecular weight excluding hydrogens is 344 g/mol. The minimum absolute atomic E-state index is 0.341. The number of hydrogen-bond donors (Lipinski definition) is 1. The molecule has 1 amide bonds. The van der Waals surface area contributed by atoms with Crippen LogP contribution in [0.3, 0.4) is 0 Å². The summed E-state index contributed by atoms with van der Waals surface area (Å²) in [5, 5.41) is 1.92. The molecule has 0 saturated carbocycles. The van der Waals surface area contributed by atoms with Crippen molar-refractivity contribution in [1.82, 2.24) is 10.5 Å². The first-order valence-electron chi connectivity index (χ1n) is 8.02. The van der Waals surface area contributed by atoms with Crippen LogP contribution in [-0.4, -0.2) is 30.9 Å². The molecule has 2 heterocycles. The molecular formula is C17H20N2O5S. The highest BCUT2D eigenvalue weighted by Crippen LogP contribution is 2.29. The molecule has 0 aliphatic carbocycles. The van der Waals surface area contributed by atoms with Crippen LogP contribution in [0, 0.1) is 0 Å². The molecule has 0 radical (unpaired) electrons. The van der Waals surface area contributed by atoms with Gasteiger partial charge in [-0.15, -0.1) is 11.3 Å². The summed E-state index contributed by atoms with van der Waals surface area (Å²) in [6, 6.07) is 4.95. The standard InChI is InChI=1S/C17H20N2O5S/c1-21-15-8-12(17(20)19-24-16-4-2-3-7-22-16)5-6-14(15)23-9-13-10-25-11-18-13/h5-6,8,10-11,16H,2-4,7,9H2,1H3,(H,19,20). The molecule has 25 heavy (non-hydrogen) atoms. The number of ether oxygens (including phenoxy) is 3. The number of thiazole rings is 1. The molecule has 1 aromatic heterocycles. The monoisotopic (exact) mass is 364 g/mol. The summed E-state index contributed by atoms with van der Waals surface area (Å²) in [5.74, 6) is 0.652. The van der Waals surface area contributed by atoms with E-state index >= 15 is 0 Å². The quantitative estimate of drug-likeness (QED) is 0.761. The van der Waals surface area contributed by atoms with E-state index in [0.29, 0.717) is 30.3 Å². The molecule has 1 atom stereocenters. The molecule has 1 aromatic carbocycles. The average Bonchev–Trinajstić information content (AvgIpc) is 3.18. The van der Waals surface area contributed by atoms with Gasteiger partial charge in [0.25, 0.3) is 5.91 Å². The molecule has 1 saturated heterocycles. The molecule has 8 heteroatoms. The van der Waals surface area contributed by atoms with E-state index in [2.05, 4.69) is 10.5 Å². The highest BCUT2D eigenvalue weighted by molar-refractivity contribution is 7.07. The van der Waals surface area contributed by atoms with E-state index in [1.54, 1.807) is 23.7 Å². The zero-order chi connectivity index (χ0) is 17.5. The molecule has 1 aliphatic rings. The number of benzene rings is 1. The van der Waals surface area contributed by atoms with Crippen LogP contribution in [0.2, 0.25) is 0 Å². The first-order chi connectivity index (χ1) is 12.3. The Balaban J connectivity index is 1.58. The molecule has 0 spiro atoms. The SMILES string of the molecule is COc1cc(C(=O)NOC2CCCCO2)ccc1OCc1cscn1. The second kappa shape index (κ2) is 8.80. The summed E-state index contributed by atoms with van der Waals surface area (Å²) in [7, 11) is 1.53. The van der Waals surface area contributed by atoms with Crippen molar-refractivity contribution in [2.45, 2.75) is 32.2 Å². The summed E-state index contributed by atoms with van der Waals surface area (Å²) in [5.41, 5.74) is 5.43. The number of carbonyl (C=O) groups is 1. The highest BCUT2D eigenvalue weighted by atomic mass is 32.1. The zero-order valence-electron chi connectivity index (χ0n) is 13.9. The third-order valence-corrected chi connectivity index (χ3v) is 4.34. The van der Waals surface area contributed by atoms with Crippen molar-refractivity contribution in [2.24, 2.45) is 0 Å². The van der Waals surface area contributed by atoms with Gasteiger partial charge in [0.2, 0.25) is 0 Å². The predicted octanol–water partition coefficient (Wildman–Crippen LogP) is 2.92. The van der Waals surface area contributed by atoms with Gasteiger partial charge in [0, 0.05) is 24.0 Å². The van der Waals surface area contributed by atoms with Crippen LogP contribution in [0.1, 0.15) is 35.3 Å². The third kappa shape index (κ3) is 4.91. The van der Waals surface area contributed by atoms with Crippen LogP contribution in [0.25, 0.3) is 0 Å². The Bertz CT molecular complexity index is 686. The topological polar surface area (TPSA) is 78.9 Å². The number of nitrogens with one attached hydrogen (secondary N) is 1. The number of amides is 1. The Hall–Kier alpha value is -2.16. The summed E-state index contributed by atoms with van der Waals surface area (Å²) in [4.78, 5) is 21.7. The molecule has 1 unspecified atom stereocenters. The van der Waals surface area contributed by atoms with Crippen molar-refractivity contribution in [1.29, 1.82) is 0 Å². The molecule has 1 N–H and O–H groups in total. The van der Waals surface area contributed by atoms with E-state index in [0.717, 1.165) is 25.0 Å². The molecule has 134 valence electrons. The van der Waals surface area contributed by atoms with Crippen LogP contribution in [0.15, 0.2) is 29.1 Å². The molecule has 7 nitrogen and oxygen atoms in total. The smallest absolute Gasteiger partial charge is 0.275 e. The number of methoxy groups -OCH3 is 1. The Morgan fingerprint density at radius 1 is 1.40 bits per heavy atom. The second-order valence-electron chi connectivity index (χ2n) is 5.48. The Labute approximate surface area is 149 Å². The van der Waals surface area contributed by atoms with Crippen LogP contribution in [0.5, 0.6) is 11.5 Å². The van der Waals surface area contributed by atoms with Crippen molar-refractivity contribution in [3.63, 3.8) is 0 Å². The fourth-order valence-corrected chi connectivity index (χ4v) is 2.91. The van der Waals surface area contributed by atoms with E-state index in [1.165, 1.54) is 18.4 Å². The van der Waals surface area contributed by atoms with E-state index < -0.39 is 0 Å². The van der Waals surface area contributed by atoms with Gasteiger partial charge in [-0.3, -0.25) is 4.79 Å². The van der Waals surface area contributed by atoms with Crippen molar-refractivity contribution < 1.29 is 23.8 Å². The maximum absolute atomic E-state index is 12.2. The van der Waals surface area contributed by atoms with E-state index in [1.807, 2.05) is 5.38 Å². The molecule has 2 aromatic rings. The highest BCUT2D eigenvalue weighted by Gasteiger charge is 2.17. The van der Waals surface area contributed by atoms with Gasteiger partial charge >= 0.3 is 0 Å². The van der Waals surface area contributed by atoms with Gasteiger partial charge in [-0.25, -0.2) is 15.3 Å². The Kier molecular flexibility index (Phi) is 6.21. The lowest BCUT2D eigenvalue weighted by molar-refractivity contribution is -0.186. The first kappa shape index (κ1) is 17.7. The number of hydroxylamine groups is 1.